The molecule has 1 aliphatic carbocycles. The van der Waals surface area contributed by atoms with Gasteiger partial charge in [-0.1, -0.05) is 93.1 Å². The van der Waals surface area contributed by atoms with E-state index in [4.69, 9.17) is 9.98 Å². The molecule has 45 heavy (non-hydrogen) atoms. The van der Waals surface area contributed by atoms with Gasteiger partial charge in [-0.15, -0.1) is 0 Å². The first-order chi connectivity index (χ1) is 20.9. The molecule has 5 heteroatoms. The minimum absolute atomic E-state index is 0.0209. The molecule has 0 aromatic heterocycles. The van der Waals surface area contributed by atoms with E-state index in [9.17, 15) is 15.3 Å². The number of nitrogens with zero attached hydrogens (tertiary/aromatic N) is 2. The highest BCUT2D eigenvalue weighted by Gasteiger charge is 2.27. The van der Waals surface area contributed by atoms with Gasteiger partial charge in [0.05, 0.1) is 12.1 Å². The van der Waals surface area contributed by atoms with Crippen molar-refractivity contribution in [3.05, 3.63) is 87.5 Å². The maximum absolute atomic E-state index is 11.3. The minimum atomic E-state index is -0.296. The Bertz CT molecular complexity index is 1630. The molecule has 0 aliphatic heterocycles. The van der Waals surface area contributed by atoms with Crippen molar-refractivity contribution in [1.82, 2.24) is 0 Å². The average Bonchev–Trinajstić information content (AvgIpc) is 2.94. The molecule has 1 aliphatic rings. The van der Waals surface area contributed by atoms with E-state index in [0.717, 1.165) is 53.5 Å². The van der Waals surface area contributed by atoms with Gasteiger partial charge >= 0.3 is 0 Å². The standard InChI is InChI=1S/C40H50N2O3/c1-38(2,3)30-22-29(37(45)33(23-30)40(7,8)9)25-42-35-13-11-10-12-34(35)41-24-28-20-27(21-32(36(28)44)39(4,5)6)15-14-26-16-18-31(43)19-17-26/h16-25,34-35,43-45H,10-13H2,1-9H3/b41-24+,42-25+/t34?,35-/m1/s1. The predicted molar refractivity (Wildman–Crippen MR) is 188 cm³/mol. The fraction of sp³-hybridized carbons (Fsp3) is 0.450. The maximum Gasteiger partial charge on any atom is 0.128 e. The predicted octanol–water partition coefficient (Wildman–Crippen LogP) is 8.94. The number of benzene rings is 3. The lowest BCUT2D eigenvalue weighted by Gasteiger charge is -2.28. The summed E-state index contributed by atoms with van der Waals surface area (Å²) in [5.41, 5.74) is 5.30. The molecule has 3 aromatic carbocycles. The molecular weight excluding hydrogens is 556 g/mol. The Kier molecular flexibility index (Phi) is 9.88. The third kappa shape index (κ3) is 8.57. The summed E-state index contributed by atoms with van der Waals surface area (Å²) < 4.78 is 0. The Hall–Kier alpha value is -4.04. The zero-order valence-electron chi connectivity index (χ0n) is 28.5. The van der Waals surface area contributed by atoms with Crippen molar-refractivity contribution >= 4 is 12.4 Å². The second kappa shape index (κ2) is 13.1. The molecule has 0 heterocycles. The maximum atomic E-state index is 11.3. The smallest absolute Gasteiger partial charge is 0.128 e. The van der Waals surface area contributed by atoms with Crippen molar-refractivity contribution in [1.29, 1.82) is 0 Å². The van der Waals surface area contributed by atoms with Gasteiger partial charge in [0.1, 0.15) is 17.2 Å². The van der Waals surface area contributed by atoms with Crippen molar-refractivity contribution in [3.63, 3.8) is 0 Å². The van der Waals surface area contributed by atoms with E-state index >= 15 is 0 Å². The van der Waals surface area contributed by atoms with Gasteiger partial charge in [-0.05, 0) is 77.1 Å². The van der Waals surface area contributed by atoms with Crippen LogP contribution in [0.1, 0.15) is 127 Å². The zero-order chi connectivity index (χ0) is 33.2. The van der Waals surface area contributed by atoms with E-state index in [1.165, 1.54) is 5.56 Å². The summed E-state index contributed by atoms with van der Waals surface area (Å²) in [7, 11) is 0. The fourth-order valence-electron chi connectivity index (χ4n) is 5.64. The van der Waals surface area contributed by atoms with Crippen molar-refractivity contribution in [2.45, 2.75) is 116 Å². The van der Waals surface area contributed by atoms with Crippen LogP contribution in [0.25, 0.3) is 0 Å². The normalized spacial score (nSPS) is 17.9. The summed E-state index contributed by atoms with van der Waals surface area (Å²) >= 11 is 0. The van der Waals surface area contributed by atoms with E-state index in [0.29, 0.717) is 11.3 Å². The molecule has 0 saturated heterocycles. The molecule has 0 radical (unpaired) electrons. The van der Waals surface area contributed by atoms with Crippen molar-refractivity contribution in [2.24, 2.45) is 9.98 Å². The van der Waals surface area contributed by atoms with E-state index in [1.807, 2.05) is 18.3 Å². The molecule has 2 atom stereocenters. The summed E-state index contributed by atoms with van der Waals surface area (Å²) in [5, 5.41) is 32.2. The summed E-state index contributed by atoms with van der Waals surface area (Å²) in [5.74, 6) is 7.10. The lowest BCUT2D eigenvalue weighted by molar-refractivity contribution is 0.390. The van der Waals surface area contributed by atoms with Crippen LogP contribution in [0.3, 0.4) is 0 Å². The van der Waals surface area contributed by atoms with Gasteiger partial charge in [0.25, 0.3) is 0 Å². The Morgan fingerprint density at radius 3 is 1.56 bits per heavy atom. The number of phenolic OH excluding ortho intramolecular Hbond substituents is 3. The van der Waals surface area contributed by atoms with Crippen LogP contribution in [0.4, 0.5) is 0 Å². The third-order valence-electron chi connectivity index (χ3n) is 8.48. The number of hydrogen-bond donors (Lipinski definition) is 3. The van der Waals surface area contributed by atoms with Gasteiger partial charge in [0.2, 0.25) is 0 Å². The van der Waals surface area contributed by atoms with Crippen LogP contribution in [-0.4, -0.2) is 39.8 Å². The molecule has 0 spiro atoms. The molecule has 5 nitrogen and oxygen atoms in total. The van der Waals surface area contributed by atoms with Gasteiger partial charge in [-0.3, -0.25) is 9.98 Å². The fourth-order valence-corrected chi connectivity index (χ4v) is 5.64. The first-order valence-electron chi connectivity index (χ1n) is 16.1. The van der Waals surface area contributed by atoms with E-state index in [2.05, 4.69) is 86.3 Å². The highest BCUT2D eigenvalue weighted by molar-refractivity contribution is 5.86. The van der Waals surface area contributed by atoms with Crippen LogP contribution in [-0.2, 0) is 16.2 Å². The molecule has 3 aromatic rings. The van der Waals surface area contributed by atoms with Gasteiger partial charge in [-0.2, -0.15) is 0 Å². The lowest BCUT2D eigenvalue weighted by atomic mass is 9.79. The third-order valence-corrected chi connectivity index (χ3v) is 8.48. The molecule has 0 bridgehead atoms. The average molecular weight is 607 g/mol. The van der Waals surface area contributed by atoms with Crippen LogP contribution < -0.4 is 0 Å². The Labute approximate surface area is 270 Å². The second-order valence-electron chi connectivity index (χ2n) is 15.4. The Balaban J connectivity index is 1.68. The highest BCUT2D eigenvalue weighted by Crippen LogP contribution is 2.38. The lowest BCUT2D eigenvalue weighted by Crippen LogP contribution is -2.27. The Morgan fingerprint density at radius 2 is 1.07 bits per heavy atom. The van der Waals surface area contributed by atoms with E-state index < -0.39 is 0 Å². The summed E-state index contributed by atoms with van der Waals surface area (Å²) in [6.45, 7) is 19.1. The number of aromatic hydroxyl groups is 3. The Morgan fingerprint density at radius 1 is 0.600 bits per heavy atom. The number of aliphatic imine (C=N–C) groups is 2. The van der Waals surface area contributed by atoms with Crippen LogP contribution in [0.5, 0.6) is 17.2 Å². The first-order valence-corrected chi connectivity index (χ1v) is 16.1. The molecule has 238 valence electrons. The SMILES string of the molecule is CC(C)(C)c1cc(/C=N/[C@@H]2CCCCC2/N=C/c2cc(C#Cc3ccc(O)cc3)cc(C(C)(C)C)c2O)c(O)c(C(C)(C)C)c1. The highest BCUT2D eigenvalue weighted by atomic mass is 16.3. The molecule has 1 unspecified atom stereocenters. The molecule has 1 saturated carbocycles. The van der Waals surface area contributed by atoms with Crippen LogP contribution in [0, 0.1) is 11.8 Å². The zero-order valence-corrected chi connectivity index (χ0v) is 28.5. The van der Waals surface area contributed by atoms with Gasteiger partial charge < -0.3 is 15.3 Å². The second-order valence-corrected chi connectivity index (χ2v) is 15.4. The van der Waals surface area contributed by atoms with Crippen LogP contribution in [0.2, 0.25) is 0 Å². The molecular formula is C40H50N2O3. The summed E-state index contributed by atoms with van der Waals surface area (Å²) in [6.07, 6.45) is 7.60. The topological polar surface area (TPSA) is 85.4 Å². The number of hydrogen-bond acceptors (Lipinski definition) is 5. The van der Waals surface area contributed by atoms with Gasteiger partial charge in [0.15, 0.2) is 0 Å². The quantitative estimate of drug-likeness (QED) is 0.205. The van der Waals surface area contributed by atoms with Crippen molar-refractivity contribution in [2.75, 3.05) is 0 Å². The van der Waals surface area contributed by atoms with Gasteiger partial charge in [-0.25, -0.2) is 0 Å². The molecule has 3 N–H and O–H groups in total. The number of phenols is 3. The largest absolute Gasteiger partial charge is 0.508 e. The molecule has 0 amide bonds. The van der Waals surface area contributed by atoms with E-state index in [-0.39, 0.29) is 39.8 Å². The van der Waals surface area contributed by atoms with Crippen molar-refractivity contribution < 1.29 is 15.3 Å². The van der Waals surface area contributed by atoms with E-state index in [1.54, 1.807) is 30.5 Å². The minimum Gasteiger partial charge on any atom is -0.508 e. The first kappa shape index (κ1) is 33.8. The van der Waals surface area contributed by atoms with Crippen LogP contribution >= 0.6 is 0 Å². The summed E-state index contributed by atoms with van der Waals surface area (Å²) in [4.78, 5) is 10.0. The molecule has 1 fully saturated rings. The van der Waals surface area contributed by atoms with Gasteiger partial charge in [0, 0.05) is 45.8 Å². The summed E-state index contributed by atoms with van der Waals surface area (Å²) in [6, 6.07) is 14.8. The van der Waals surface area contributed by atoms with Crippen LogP contribution in [0.15, 0.2) is 58.5 Å². The monoisotopic (exact) mass is 606 g/mol. The molecule has 4 rings (SSSR count). The van der Waals surface area contributed by atoms with Crippen molar-refractivity contribution in [3.8, 4) is 29.1 Å². The number of rotatable bonds is 4.